The number of aliphatic imine (C=N–C) groups is 1. The summed E-state index contributed by atoms with van der Waals surface area (Å²) in [6, 6.07) is 14.5. The van der Waals surface area contributed by atoms with E-state index < -0.39 is 0 Å². The predicted octanol–water partition coefficient (Wildman–Crippen LogP) is 3.09. The smallest absolute Gasteiger partial charge is 0.251 e. The molecule has 1 aliphatic rings. The van der Waals surface area contributed by atoms with Gasteiger partial charge in [-0.2, -0.15) is 0 Å². The van der Waals surface area contributed by atoms with Gasteiger partial charge in [0.05, 0.1) is 19.7 Å². The molecule has 0 aliphatic carbocycles. The van der Waals surface area contributed by atoms with E-state index in [2.05, 4.69) is 39.6 Å². The zero-order chi connectivity index (χ0) is 21.3. The molecule has 7 nitrogen and oxygen atoms in total. The van der Waals surface area contributed by atoms with Crippen molar-refractivity contribution in [3.8, 4) is 5.75 Å². The van der Waals surface area contributed by atoms with Gasteiger partial charge in [0.1, 0.15) is 11.9 Å². The van der Waals surface area contributed by atoms with E-state index in [4.69, 9.17) is 4.74 Å². The third-order valence-corrected chi connectivity index (χ3v) is 5.02. The van der Waals surface area contributed by atoms with E-state index in [1.807, 2.05) is 19.1 Å². The molecule has 1 unspecified atom stereocenters. The number of guanidine groups is 1. The molecule has 1 amide bonds. The van der Waals surface area contributed by atoms with E-state index in [1.165, 1.54) is 23.3 Å². The maximum absolute atomic E-state index is 12.2. The lowest BCUT2D eigenvalue weighted by Crippen LogP contribution is -2.48. The molecule has 0 saturated carbocycles. The number of carbonyl (C=O) groups excluding carboxylic acids is 1. The van der Waals surface area contributed by atoms with E-state index >= 15 is 0 Å². The highest BCUT2D eigenvalue weighted by Gasteiger charge is 2.25. The molecule has 3 N–H and O–H groups in total. The van der Waals surface area contributed by atoms with Gasteiger partial charge >= 0.3 is 0 Å². The number of halogens is 1. The van der Waals surface area contributed by atoms with Crippen LogP contribution in [0.25, 0.3) is 0 Å². The zero-order valence-electron chi connectivity index (χ0n) is 18.0. The quantitative estimate of drug-likeness (QED) is 0.228. The molecule has 2 aromatic carbocycles. The molecule has 168 valence electrons. The molecular formula is C23H31IN4O3. The van der Waals surface area contributed by atoms with Crippen LogP contribution in [0.15, 0.2) is 53.5 Å². The summed E-state index contributed by atoms with van der Waals surface area (Å²) in [6.07, 6.45) is 0.0120. The highest BCUT2D eigenvalue weighted by Crippen LogP contribution is 2.24. The molecule has 2 aromatic rings. The van der Waals surface area contributed by atoms with Crippen LogP contribution in [-0.2, 0) is 4.74 Å². The standard InChI is InChI=1S/C23H30N4O3.HI/c1-3-24-23(26-13-12-25-22(29)18-8-10-19(28)11-9-18)27-14-15-30-21(16-27)20-7-5-4-6-17(20)2;/h4-11,21,28H,3,12-16H2,1-2H3,(H,24,26)(H,25,29);1H. The minimum Gasteiger partial charge on any atom is -0.508 e. The number of phenolic OH excluding ortho intramolecular Hbond substituents is 1. The van der Waals surface area contributed by atoms with Crippen molar-refractivity contribution in [3.05, 3.63) is 65.2 Å². The first-order valence-electron chi connectivity index (χ1n) is 10.4. The van der Waals surface area contributed by atoms with E-state index in [1.54, 1.807) is 12.1 Å². The van der Waals surface area contributed by atoms with Crippen LogP contribution in [0.2, 0.25) is 0 Å². The number of nitrogens with one attached hydrogen (secondary N) is 2. The minimum atomic E-state index is -0.179. The summed E-state index contributed by atoms with van der Waals surface area (Å²) >= 11 is 0. The summed E-state index contributed by atoms with van der Waals surface area (Å²) in [5.41, 5.74) is 2.94. The van der Waals surface area contributed by atoms with E-state index in [9.17, 15) is 9.90 Å². The van der Waals surface area contributed by atoms with Crippen LogP contribution in [0.3, 0.4) is 0 Å². The Morgan fingerprint density at radius 1 is 1.19 bits per heavy atom. The largest absolute Gasteiger partial charge is 0.508 e. The third kappa shape index (κ3) is 7.10. The Kier molecular flexibility index (Phi) is 10.1. The second kappa shape index (κ2) is 12.5. The fourth-order valence-corrected chi connectivity index (χ4v) is 3.45. The average Bonchev–Trinajstić information content (AvgIpc) is 2.76. The third-order valence-electron chi connectivity index (χ3n) is 5.02. The summed E-state index contributed by atoms with van der Waals surface area (Å²) in [5.74, 6) is 0.792. The molecule has 0 bridgehead atoms. The Balaban J connectivity index is 0.00000341. The number of morpholine rings is 1. The number of hydrogen-bond acceptors (Lipinski definition) is 4. The van der Waals surface area contributed by atoms with E-state index in [0.29, 0.717) is 25.3 Å². The van der Waals surface area contributed by atoms with Crippen LogP contribution >= 0.6 is 24.0 Å². The van der Waals surface area contributed by atoms with E-state index in [-0.39, 0.29) is 41.7 Å². The number of aromatic hydroxyl groups is 1. The van der Waals surface area contributed by atoms with Gasteiger partial charge in [0, 0.05) is 25.2 Å². The van der Waals surface area contributed by atoms with Gasteiger partial charge in [0.25, 0.3) is 5.91 Å². The first-order valence-corrected chi connectivity index (χ1v) is 10.4. The molecule has 0 spiro atoms. The lowest BCUT2D eigenvalue weighted by Gasteiger charge is -2.35. The zero-order valence-corrected chi connectivity index (χ0v) is 20.3. The first-order chi connectivity index (χ1) is 14.6. The van der Waals surface area contributed by atoms with Gasteiger partial charge < -0.3 is 25.4 Å². The van der Waals surface area contributed by atoms with Crippen molar-refractivity contribution < 1.29 is 14.6 Å². The highest BCUT2D eigenvalue weighted by atomic mass is 127. The maximum atomic E-state index is 12.2. The van der Waals surface area contributed by atoms with Gasteiger partial charge in [-0.1, -0.05) is 24.3 Å². The molecule has 1 saturated heterocycles. The molecule has 1 heterocycles. The molecule has 31 heavy (non-hydrogen) atoms. The van der Waals surface area contributed by atoms with Crippen molar-refractivity contribution in [2.24, 2.45) is 4.99 Å². The summed E-state index contributed by atoms with van der Waals surface area (Å²) in [5, 5.41) is 15.5. The normalized spacial score (nSPS) is 16.4. The topological polar surface area (TPSA) is 86.2 Å². The SMILES string of the molecule is CCNC(=NCCNC(=O)c1ccc(O)cc1)N1CCOC(c2ccccc2C)C1.I. The van der Waals surface area contributed by atoms with Crippen molar-refractivity contribution in [2.45, 2.75) is 20.0 Å². The molecule has 0 radical (unpaired) electrons. The summed E-state index contributed by atoms with van der Waals surface area (Å²) < 4.78 is 6.02. The van der Waals surface area contributed by atoms with Crippen molar-refractivity contribution in [2.75, 3.05) is 39.3 Å². The molecule has 1 aliphatic heterocycles. The van der Waals surface area contributed by atoms with Crippen LogP contribution in [0.1, 0.15) is 34.5 Å². The molecule has 1 fully saturated rings. The maximum Gasteiger partial charge on any atom is 0.251 e. The molecular weight excluding hydrogens is 507 g/mol. The monoisotopic (exact) mass is 538 g/mol. The second-order valence-electron chi connectivity index (χ2n) is 7.20. The Morgan fingerprint density at radius 2 is 1.94 bits per heavy atom. The first kappa shape index (κ1) is 24.9. The average molecular weight is 538 g/mol. The number of ether oxygens (including phenoxy) is 1. The highest BCUT2D eigenvalue weighted by molar-refractivity contribution is 14.0. The Hall–Kier alpha value is -2.33. The number of carbonyl (C=O) groups is 1. The molecule has 8 heteroatoms. The van der Waals surface area contributed by atoms with Crippen LogP contribution in [0.5, 0.6) is 5.75 Å². The van der Waals surface area contributed by atoms with Crippen LogP contribution in [0.4, 0.5) is 0 Å². The van der Waals surface area contributed by atoms with Crippen molar-refractivity contribution >= 4 is 35.8 Å². The lowest BCUT2D eigenvalue weighted by molar-refractivity contribution is -0.00832. The van der Waals surface area contributed by atoms with Crippen LogP contribution in [0, 0.1) is 6.92 Å². The van der Waals surface area contributed by atoms with Gasteiger partial charge in [-0.25, -0.2) is 0 Å². The van der Waals surface area contributed by atoms with Gasteiger partial charge in [-0.05, 0) is 49.2 Å². The number of hydrogen-bond donors (Lipinski definition) is 3. The summed E-state index contributed by atoms with van der Waals surface area (Å²) in [4.78, 5) is 19.1. The number of phenols is 1. The van der Waals surface area contributed by atoms with Crippen LogP contribution in [-0.4, -0.2) is 61.2 Å². The molecule has 0 aromatic heterocycles. The predicted molar refractivity (Wildman–Crippen MR) is 133 cm³/mol. The summed E-state index contributed by atoms with van der Waals surface area (Å²) in [7, 11) is 0. The van der Waals surface area contributed by atoms with Gasteiger partial charge in [0.15, 0.2) is 5.96 Å². The van der Waals surface area contributed by atoms with Crippen molar-refractivity contribution in [1.82, 2.24) is 15.5 Å². The fourth-order valence-electron chi connectivity index (χ4n) is 3.45. The second-order valence-corrected chi connectivity index (χ2v) is 7.20. The van der Waals surface area contributed by atoms with Gasteiger partial charge in [-0.15, -0.1) is 24.0 Å². The Labute approximate surface area is 200 Å². The van der Waals surface area contributed by atoms with Gasteiger partial charge in [0.2, 0.25) is 0 Å². The number of nitrogens with zero attached hydrogens (tertiary/aromatic N) is 2. The van der Waals surface area contributed by atoms with Crippen molar-refractivity contribution in [3.63, 3.8) is 0 Å². The van der Waals surface area contributed by atoms with E-state index in [0.717, 1.165) is 25.6 Å². The molecule has 3 rings (SSSR count). The number of benzene rings is 2. The number of aryl methyl sites for hydroxylation is 1. The Morgan fingerprint density at radius 3 is 2.65 bits per heavy atom. The number of amides is 1. The molecule has 1 atom stereocenters. The van der Waals surface area contributed by atoms with Gasteiger partial charge in [-0.3, -0.25) is 9.79 Å². The summed E-state index contributed by atoms with van der Waals surface area (Å²) in [6.45, 7) is 7.96. The Bertz CT molecular complexity index is 873. The fraction of sp³-hybridized carbons (Fsp3) is 0.391. The van der Waals surface area contributed by atoms with Crippen molar-refractivity contribution in [1.29, 1.82) is 0 Å². The van der Waals surface area contributed by atoms with Crippen LogP contribution < -0.4 is 10.6 Å². The lowest BCUT2D eigenvalue weighted by atomic mass is 10.0. The number of rotatable bonds is 6. The minimum absolute atomic E-state index is 0.